The highest BCUT2D eigenvalue weighted by atomic mass is 32.1. The summed E-state index contributed by atoms with van der Waals surface area (Å²) in [6.07, 6.45) is 15.2. The van der Waals surface area contributed by atoms with E-state index in [1.807, 2.05) is 12.1 Å². The molecule has 6 aromatic rings. The molecule has 4 saturated heterocycles. The molecule has 4 aliphatic heterocycles. The predicted octanol–water partition coefficient (Wildman–Crippen LogP) is 6.47. The molecule has 10 rings (SSSR count). The van der Waals surface area contributed by atoms with Crippen LogP contribution in [0.5, 0.6) is 6.01 Å². The summed E-state index contributed by atoms with van der Waals surface area (Å²) >= 11 is 1.53. The minimum atomic E-state index is -0.456. The van der Waals surface area contributed by atoms with Crippen LogP contribution in [0, 0.1) is 18.2 Å². The molecule has 0 aliphatic carbocycles. The maximum absolute atomic E-state index is 15.3. The highest BCUT2D eigenvalue weighted by Crippen LogP contribution is 2.47. The van der Waals surface area contributed by atoms with Gasteiger partial charge in [-0.15, -0.1) is 17.8 Å². The van der Waals surface area contributed by atoms with E-state index in [-0.39, 0.29) is 11.1 Å². The summed E-state index contributed by atoms with van der Waals surface area (Å²) in [5, 5.41) is 15.3. The van der Waals surface area contributed by atoms with Crippen molar-refractivity contribution in [3.05, 3.63) is 59.9 Å². The highest BCUT2D eigenvalue weighted by Gasteiger charge is 2.47. The lowest BCUT2D eigenvalue weighted by atomic mass is 9.93. The Labute approximate surface area is 284 Å². The molecule has 0 amide bonds. The van der Waals surface area contributed by atoms with E-state index in [0.717, 1.165) is 105 Å². The summed E-state index contributed by atoms with van der Waals surface area (Å²) in [7, 11) is 0. The zero-order chi connectivity index (χ0) is 32.9. The van der Waals surface area contributed by atoms with Crippen molar-refractivity contribution in [2.24, 2.45) is 0 Å². The van der Waals surface area contributed by atoms with Gasteiger partial charge in [-0.2, -0.15) is 15.1 Å². The van der Waals surface area contributed by atoms with Crippen LogP contribution in [0.25, 0.3) is 53.2 Å². The number of thiophene rings is 1. The molecular formula is C37H32F2N8OS. The Kier molecular flexibility index (Phi) is 6.50. The van der Waals surface area contributed by atoms with E-state index < -0.39 is 5.82 Å². The molecule has 49 heavy (non-hydrogen) atoms. The predicted molar refractivity (Wildman–Crippen MR) is 188 cm³/mol. The van der Waals surface area contributed by atoms with E-state index in [2.05, 4.69) is 31.2 Å². The number of aromatic nitrogens is 5. The number of piperazine rings is 1. The number of halogens is 2. The number of fused-ring (bicyclic) bond motifs is 8. The van der Waals surface area contributed by atoms with Gasteiger partial charge in [0.1, 0.15) is 23.1 Å². The fraction of sp³-hybridized carbons (Fsp3) is 0.351. The molecule has 4 fully saturated rings. The topological polar surface area (TPSA) is 95.1 Å². The van der Waals surface area contributed by atoms with Crippen LogP contribution >= 0.6 is 11.3 Å². The fourth-order valence-electron chi connectivity index (χ4n) is 8.92. The van der Waals surface area contributed by atoms with Crippen LogP contribution in [0.1, 0.15) is 37.7 Å². The van der Waals surface area contributed by atoms with E-state index in [9.17, 15) is 4.39 Å². The standard InChI is InChI=1S/C37H32F2N8OS/c1-2-24-27(39)7-4-21-12-28-26(15-41-45-28)30(29(21)24)32-33-25(8-10-40-32)31-34(46-17-22-5-6-23(18-46)42-22)43-36(44-35(31)49-33)48-19-37-9-3-11-47(37)16-20(13-37)14-38/h1,4,7-8,10,12,14-15,22-23,42H,3,5-6,9,11,13,16-19H2,(H,41,45)/b20-14-/t22?,23?,37-/m0/s1. The Morgan fingerprint density at radius 3 is 2.86 bits per heavy atom. The number of aromatic amines is 1. The Bertz CT molecular complexity index is 2400. The van der Waals surface area contributed by atoms with E-state index in [1.54, 1.807) is 18.5 Å². The second kappa shape index (κ2) is 10.9. The van der Waals surface area contributed by atoms with Gasteiger partial charge in [-0.05, 0) is 67.8 Å². The number of nitrogens with one attached hydrogen (secondary N) is 2. The van der Waals surface area contributed by atoms with Gasteiger partial charge in [0.15, 0.2) is 0 Å². The van der Waals surface area contributed by atoms with Crippen molar-refractivity contribution in [2.45, 2.75) is 49.7 Å². The average Bonchev–Trinajstić information content (AvgIpc) is 3.94. The van der Waals surface area contributed by atoms with Crippen LogP contribution in [-0.4, -0.2) is 80.5 Å². The van der Waals surface area contributed by atoms with Gasteiger partial charge in [0.25, 0.3) is 0 Å². The molecule has 12 heteroatoms. The third kappa shape index (κ3) is 4.42. The molecule has 4 aromatic heterocycles. The summed E-state index contributed by atoms with van der Waals surface area (Å²) in [6, 6.07) is 8.23. The Morgan fingerprint density at radius 1 is 1.14 bits per heavy atom. The summed E-state index contributed by atoms with van der Waals surface area (Å²) < 4.78 is 36.3. The summed E-state index contributed by atoms with van der Waals surface area (Å²) in [4.78, 5) is 20.6. The number of H-pyrrole nitrogens is 1. The number of rotatable bonds is 5. The smallest absolute Gasteiger partial charge is 0.319 e. The maximum atomic E-state index is 15.3. The van der Waals surface area contributed by atoms with Crippen LogP contribution in [0.4, 0.5) is 14.6 Å². The van der Waals surface area contributed by atoms with Gasteiger partial charge < -0.3 is 15.0 Å². The molecule has 9 nitrogen and oxygen atoms in total. The largest absolute Gasteiger partial charge is 0.461 e. The monoisotopic (exact) mass is 674 g/mol. The van der Waals surface area contributed by atoms with E-state index in [4.69, 9.17) is 26.1 Å². The third-order valence-corrected chi connectivity index (χ3v) is 12.2. The number of pyridine rings is 1. The van der Waals surface area contributed by atoms with Gasteiger partial charge in [-0.25, -0.2) is 8.78 Å². The number of hydrogen-bond donors (Lipinski definition) is 2. The van der Waals surface area contributed by atoms with Crippen molar-refractivity contribution in [1.29, 1.82) is 0 Å². The summed E-state index contributed by atoms with van der Waals surface area (Å²) in [5.74, 6) is 2.99. The highest BCUT2D eigenvalue weighted by molar-refractivity contribution is 7.26. The van der Waals surface area contributed by atoms with Gasteiger partial charge in [0, 0.05) is 59.6 Å². The molecule has 0 spiro atoms. The number of anilines is 1. The minimum Gasteiger partial charge on any atom is -0.461 e. The molecule has 2 aromatic carbocycles. The van der Waals surface area contributed by atoms with Crippen LogP contribution in [0.2, 0.25) is 0 Å². The molecular weight excluding hydrogens is 643 g/mol. The van der Waals surface area contributed by atoms with Gasteiger partial charge in [0.05, 0.1) is 44.9 Å². The fourth-order valence-corrected chi connectivity index (χ4v) is 10.1. The molecule has 0 radical (unpaired) electrons. The second-order valence-corrected chi connectivity index (χ2v) is 14.9. The normalized spacial score (nSPS) is 24.6. The van der Waals surface area contributed by atoms with Gasteiger partial charge in [0.2, 0.25) is 0 Å². The molecule has 3 atom stereocenters. The van der Waals surface area contributed by atoms with Crippen molar-refractivity contribution >= 4 is 59.1 Å². The van der Waals surface area contributed by atoms with Gasteiger partial charge in [-0.3, -0.25) is 15.0 Å². The van der Waals surface area contributed by atoms with Crippen LogP contribution in [-0.2, 0) is 0 Å². The zero-order valence-electron chi connectivity index (χ0n) is 26.6. The number of nitrogens with zero attached hydrogens (tertiary/aromatic N) is 6. The van der Waals surface area contributed by atoms with Gasteiger partial charge >= 0.3 is 6.01 Å². The average molecular weight is 675 g/mol. The molecule has 2 N–H and O–H groups in total. The first-order chi connectivity index (χ1) is 24.0. The molecule has 2 bridgehead atoms. The molecule has 246 valence electrons. The Hall–Kier alpha value is -4.70. The number of benzene rings is 2. The number of hydrogen-bond acceptors (Lipinski definition) is 9. The summed E-state index contributed by atoms with van der Waals surface area (Å²) in [5.41, 5.74) is 2.99. The number of terminal acetylenes is 1. The lowest BCUT2D eigenvalue weighted by Crippen LogP contribution is -2.51. The van der Waals surface area contributed by atoms with E-state index >= 15 is 4.39 Å². The number of ether oxygens (including phenoxy) is 1. The third-order valence-electron chi connectivity index (χ3n) is 11.1. The first-order valence-corrected chi connectivity index (χ1v) is 17.6. The van der Waals surface area contributed by atoms with Crippen LogP contribution < -0.4 is 15.0 Å². The van der Waals surface area contributed by atoms with Crippen molar-refractivity contribution in [1.82, 2.24) is 35.4 Å². The van der Waals surface area contributed by atoms with Crippen LogP contribution in [0.3, 0.4) is 0 Å². The first kappa shape index (κ1) is 29.2. The van der Waals surface area contributed by atoms with E-state index in [0.29, 0.717) is 48.7 Å². The van der Waals surface area contributed by atoms with Crippen molar-refractivity contribution in [3.8, 4) is 29.6 Å². The SMILES string of the molecule is C#Cc1c(F)ccc2cc3[nH]ncc3c(-c3nccc4c3sc3nc(OC[C@@]56CCCN5C/C(=C\F)C6)nc(N5CC6CCC(C5)N6)c34)c12. The van der Waals surface area contributed by atoms with Crippen molar-refractivity contribution < 1.29 is 13.5 Å². The molecule has 4 aliphatic rings. The second-order valence-electron chi connectivity index (χ2n) is 13.9. The maximum Gasteiger partial charge on any atom is 0.319 e. The summed E-state index contributed by atoms with van der Waals surface area (Å²) in [6.45, 7) is 3.65. The molecule has 2 unspecified atom stereocenters. The molecule has 0 saturated carbocycles. The first-order valence-electron chi connectivity index (χ1n) is 16.8. The Balaban J connectivity index is 1.17. The van der Waals surface area contributed by atoms with Gasteiger partial charge in [-0.1, -0.05) is 12.0 Å². The van der Waals surface area contributed by atoms with Crippen molar-refractivity contribution in [2.75, 3.05) is 37.7 Å². The lowest BCUT2D eigenvalue weighted by Gasteiger charge is -2.34. The lowest BCUT2D eigenvalue weighted by molar-refractivity contribution is 0.108. The van der Waals surface area contributed by atoms with Crippen LogP contribution in [0.15, 0.2) is 48.6 Å². The minimum absolute atomic E-state index is 0.195. The van der Waals surface area contributed by atoms with Crippen molar-refractivity contribution in [3.63, 3.8) is 0 Å². The molecule has 8 heterocycles. The zero-order valence-corrected chi connectivity index (χ0v) is 27.4. The Morgan fingerprint density at radius 2 is 2.02 bits per heavy atom. The van der Waals surface area contributed by atoms with E-state index in [1.165, 1.54) is 17.4 Å². The quantitative estimate of drug-likeness (QED) is 0.201.